The number of H-pyrrole nitrogens is 1. The molecule has 1 aromatic heterocycles. The number of aromatic amines is 1. The monoisotopic (exact) mass is 314 g/mol. The molecule has 5 nitrogen and oxygen atoms in total. The zero-order valence-electron chi connectivity index (χ0n) is 12.4. The lowest BCUT2D eigenvalue weighted by atomic mass is 9.78. The van der Waals surface area contributed by atoms with Gasteiger partial charge in [0.2, 0.25) is 0 Å². The fourth-order valence-corrected chi connectivity index (χ4v) is 4.41. The summed E-state index contributed by atoms with van der Waals surface area (Å²) in [6, 6.07) is 6.28. The molecule has 6 heteroatoms. The van der Waals surface area contributed by atoms with Gasteiger partial charge in [-0.05, 0) is 31.0 Å². The first-order valence-corrected chi connectivity index (χ1v) is 8.40. The maximum absolute atomic E-state index is 6.02. The highest BCUT2D eigenvalue weighted by atomic mass is 32.2. The SMILES string of the molecule is CC12N=C(N)SCC1CCOc1ccc(-c3cn[nH]c3)cc12. The van der Waals surface area contributed by atoms with Gasteiger partial charge in [0.15, 0.2) is 5.17 Å². The van der Waals surface area contributed by atoms with Crippen molar-refractivity contribution in [2.24, 2.45) is 16.6 Å². The molecule has 0 fully saturated rings. The lowest BCUT2D eigenvalue weighted by Gasteiger charge is -2.36. The van der Waals surface area contributed by atoms with Crippen LogP contribution in [-0.4, -0.2) is 27.7 Å². The van der Waals surface area contributed by atoms with E-state index in [-0.39, 0.29) is 5.54 Å². The number of benzene rings is 1. The van der Waals surface area contributed by atoms with Crippen molar-refractivity contribution >= 4 is 16.9 Å². The molecule has 0 saturated carbocycles. The Bertz CT molecular complexity index is 728. The highest BCUT2D eigenvalue weighted by Gasteiger charge is 2.42. The van der Waals surface area contributed by atoms with E-state index in [1.165, 1.54) is 0 Å². The minimum absolute atomic E-state index is 0.319. The van der Waals surface area contributed by atoms with Crippen LogP contribution in [0.25, 0.3) is 11.1 Å². The van der Waals surface area contributed by atoms with Crippen molar-refractivity contribution in [2.45, 2.75) is 18.9 Å². The summed E-state index contributed by atoms with van der Waals surface area (Å²) in [4.78, 5) is 4.81. The van der Waals surface area contributed by atoms with Crippen molar-refractivity contribution in [3.8, 4) is 16.9 Å². The number of rotatable bonds is 1. The molecule has 2 aromatic rings. The summed E-state index contributed by atoms with van der Waals surface area (Å²) in [5, 5.41) is 7.56. The summed E-state index contributed by atoms with van der Waals surface area (Å²) in [7, 11) is 0. The zero-order valence-corrected chi connectivity index (χ0v) is 13.2. The summed E-state index contributed by atoms with van der Waals surface area (Å²) in [5.74, 6) is 2.34. The molecule has 0 bridgehead atoms. The minimum Gasteiger partial charge on any atom is -0.493 e. The van der Waals surface area contributed by atoms with E-state index in [1.807, 2.05) is 18.5 Å². The minimum atomic E-state index is -0.319. The Balaban J connectivity index is 1.89. The molecule has 4 rings (SSSR count). The highest BCUT2D eigenvalue weighted by Crippen LogP contribution is 2.47. The first-order chi connectivity index (χ1) is 10.7. The average Bonchev–Trinajstić information content (AvgIpc) is 2.99. The number of fused-ring (bicyclic) bond motifs is 3. The Hall–Kier alpha value is -1.95. The van der Waals surface area contributed by atoms with Crippen LogP contribution in [-0.2, 0) is 5.54 Å². The number of aromatic nitrogens is 2. The number of aliphatic imine (C=N–C) groups is 1. The molecular weight excluding hydrogens is 296 g/mol. The molecule has 0 spiro atoms. The molecule has 0 radical (unpaired) electrons. The predicted molar refractivity (Wildman–Crippen MR) is 89.1 cm³/mol. The normalized spacial score (nSPS) is 27.1. The van der Waals surface area contributed by atoms with Crippen LogP contribution < -0.4 is 10.5 Å². The molecule has 2 aliphatic heterocycles. The van der Waals surface area contributed by atoms with Gasteiger partial charge < -0.3 is 10.5 Å². The van der Waals surface area contributed by atoms with Gasteiger partial charge in [0.05, 0.1) is 18.3 Å². The van der Waals surface area contributed by atoms with Crippen LogP contribution in [0.4, 0.5) is 0 Å². The Morgan fingerprint density at radius 1 is 1.41 bits per heavy atom. The number of thioether (sulfide) groups is 1. The number of ether oxygens (including phenoxy) is 1. The number of amidine groups is 1. The van der Waals surface area contributed by atoms with E-state index in [1.54, 1.807) is 11.8 Å². The summed E-state index contributed by atoms with van der Waals surface area (Å²) >= 11 is 1.65. The number of hydrogen-bond donors (Lipinski definition) is 2. The molecule has 3 N–H and O–H groups in total. The third-order valence-electron chi connectivity index (χ3n) is 4.65. The van der Waals surface area contributed by atoms with Crippen LogP contribution in [0.1, 0.15) is 18.9 Å². The third kappa shape index (κ3) is 2.09. The lowest BCUT2D eigenvalue weighted by molar-refractivity contribution is 0.271. The van der Waals surface area contributed by atoms with Gasteiger partial charge in [-0.3, -0.25) is 10.1 Å². The van der Waals surface area contributed by atoms with Crippen LogP contribution in [0.2, 0.25) is 0 Å². The first kappa shape index (κ1) is 13.7. The molecule has 2 aliphatic rings. The predicted octanol–water partition coefficient (Wildman–Crippen LogP) is 2.75. The van der Waals surface area contributed by atoms with Gasteiger partial charge in [-0.15, -0.1) is 0 Å². The van der Waals surface area contributed by atoms with Gasteiger partial charge in [-0.1, -0.05) is 17.8 Å². The van der Waals surface area contributed by atoms with E-state index in [2.05, 4.69) is 29.3 Å². The van der Waals surface area contributed by atoms with Crippen molar-refractivity contribution in [3.05, 3.63) is 36.2 Å². The van der Waals surface area contributed by atoms with E-state index >= 15 is 0 Å². The van der Waals surface area contributed by atoms with Gasteiger partial charge in [-0.25, -0.2) is 0 Å². The molecule has 22 heavy (non-hydrogen) atoms. The summed E-state index contributed by atoms with van der Waals surface area (Å²) in [5.41, 5.74) is 9.01. The van der Waals surface area contributed by atoms with Crippen LogP contribution in [0, 0.1) is 5.92 Å². The fourth-order valence-electron chi connectivity index (χ4n) is 3.30. The van der Waals surface area contributed by atoms with Crippen molar-refractivity contribution in [1.82, 2.24) is 10.2 Å². The topological polar surface area (TPSA) is 76.3 Å². The maximum atomic E-state index is 6.02. The second kappa shape index (κ2) is 5.05. The fraction of sp³-hybridized carbons (Fsp3) is 0.375. The zero-order chi connectivity index (χ0) is 15.2. The Kier molecular flexibility index (Phi) is 3.14. The van der Waals surface area contributed by atoms with Crippen molar-refractivity contribution in [1.29, 1.82) is 0 Å². The quantitative estimate of drug-likeness (QED) is 0.848. The molecule has 0 amide bonds. The van der Waals surface area contributed by atoms with Gasteiger partial charge in [0.25, 0.3) is 0 Å². The summed E-state index contributed by atoms with van der Waals surface area (Å²) in [6.07, 6.45) is 4.72. The van der Waals surface area contributed by atoms with E-state index < -0.39 is 0 Å². The van der Waals surface area contributed by atoms with E-state index in [4.69, 9.17) is 15.5 Å². The Morgan fingerprint density at radius 2 is 2.32 bits per heavy atom. The van der Waals surface area contributed by atoms with Crippen molar-refractivity contribution in [3.63, 3.8) is 0 Å². The maximum Gasteiger partial charge on any atom is 0.154 e. The van der Waals surface area contributed by atoms with Gasteiger partial charge in [-0.2, -0.15) is 5.10 Å². The van der Waals surface area contributed by atoms with Crippen LogP contribution >= 0.6 is 11.8 Å². The van der Waals surface area contributed by atoms with Gasteiger partial charge in [0, 0.05) is 29.0 Å². The molecule has 0 saturated heterocycles. The molecule has 0 aliphatic carbocycles. The largest absolute Gasteiger partial charge is 0.493 e. The molecule has 2 unspecified atom stereocenters. The van der Waals surface area contributed by atoms with E-state index in [0.29, 0.717) is 11.1 Å². The van der Waals surface area contributed by atoms with Crippen LogP contribution in [0.15, 0.2) is 35.6 Å². The number of hydrogen-bond acceptors (Lipinski definition) is 5. The van der Waals surface area contributed by atoms with Crippen molar-refractivity contribution in [2.75, 3.05) is 12.4 Å². The van der Waals surface area contributed by atoms with E-state index in [0.717, 1.165) is 41.2 Å². The number of nitrogens with one attached hydrogen (secondary N) is 1. The van der Waals surface area contributed by atoms with Gasteiger partial charge >= 0.3 is 0 Å². The highest BCUT2D eigenvalue weighted by molar-refractivity contribution is 8.13. The van der Waals surface area contributed by atoms with Crippen LogP contribution in [0.3, 0.4) is 0 Å². The second-order valence-electron chi connectivity index (χ2n) is 5.94. The van der Waals surface area contributed by atoms with E-state index in [9.17, 15) is 0 Å². The van der Waals surface area contributed by atoms with Crippen molar-refractivity contribution < 1.29 is 4.74 Å². The third-order valence-corrected chi connectivity index (χ3v) is 5.61. The number of nitrogens with two attached hydrogens (primary N) is 1. The lowest BCUT2D eigenvalue weighted by Crippen LogP contribution is -2.37. The molecule has 1 aromatic carbocycles. The average molecular weight is 314 g/mol. The standard InChI is InChI=1S/C16H18N4OS/c1-16-12(9-22-15(17)20-16)4-5-21-14-3-2-10(6-13(14)16)11-7-18-19-8-11/h2-3,6-8,12H,4-5,9H2,1H3,(H2,17,20)(H,18,19). The second-order valence-corrected chi connectivity index (χ2v) is 6.98. The molecule has 2 atom stereocenters. The van der Waals surface area contributed by atoms with Crippen LogP contribution in [0.5, 0.6) is 5.75 Å². The Morgan fingerprint density at radius 3 is 3.14 bits per heavy atom. The number of nitrogens with zero attached hydrogens (tertiary/aromatic N) is 2. The molecule has 3 heterocycles. The molecule has 114 valence electrons. The summed E-state index contributed by atoms with van der Waals surface area (Å²) < 4.78 is 5.97. The van der Waals surface area contributed by atoms with Gasteiger partial charge in [0.1, 0.15) is 5.75 Å². The molecular formula is C16H18N4OS. The summed E-state index contributed by atoms with van der Waals surface area (Å²) in [6.45, 7) is 2.91. The Labute approximate surface area is 133 Å². The smallest absolute Gasteiger partial charge is 0.154 e. The first-order valence-electron chi connectivity index (χ1n) is 7.41.